The molecule has 3 nitrogen and oxygen atoms in total. The standard InChI is InChI=1S/C26H20O3/c27-26(28-19-20-11-4-1-5-12-20)23-17-10-18-24(29-22-15-8-3-9-16-22)25(23)21-13-6-2-7-14-21/h1-18H,19H2. The summed E-state index contributed by atoms with van der Waals surface area (Å²) in [6.07, 6.45) is 0. The van der Waals surface area contributed by atoms with Crippen molar-refractivity contribution >= 4 is 5.97 Å². The zero-order valence-corrected chi connectivity index (χ0v) is 15.8. The Labute approximate surface area is 170 Å². The van der Waals surface area contributed by atoms with Gasteiger partial charge in [-0.1, -0.05) is 84.9 Å². The number of ether oxygens (including phenoxy) is 2. The van der Waals surface area contributed by atoms with Crippen LogP contribution in [0.2, 0.25) is 0 Å². The predicted octanol–water partition coefficient (Wildman–Crippen LogP) is 6.50. The number of benzene rings is 4. The van der Waals surface area contributed by atoms with Crippen LogP contribution in [-0.2, 0) is 11.3 Å². The zero-order valence-electron chi connectivity index (χ0n) is 15.8. The molecule has 4 rings (SSSR count). The second kappa shape index (κ2) is 8.89. The van der Waals surface area contributed by atoms with Gasteiger partial charge >= 0.3 is 5.97 Å². The molecule has 0 aliphatic carbocycles. The average molecular weight is 380 g/mol. The van der Waals surface area contributed by atoms with Crippen LogP contribution in [0.15, 0.2) is 109 Å². The summed E-state index contributed by atoms with van der Waals surface area (Å²) in [5.41, 5.74) is 3.03. The molecule has 0 radical (unpaired) electrons. The summed E-state index contributed by atoms with van der Waals surface area (Å²) in [7, 11) is 0. The fourth-order valence-electron chi connectivity index (χ4n) is 3.11. The van der Waals surface area contributed by atoms with Gasteiger partial charge in [0.25, 0.3) is 0 Å². The minimum Gasteiger partial charge on any atom is -0.457 e. The normalized spacial score (nSPS) is 10.3. The van der Waals surface area contributed by atoms with E-state index in [1.165, 1.54) is 0 Å². The van der Waals surface area contributed by atoms with Gasteiger partial charge in [0, 0.05) is 5.56 Å². The fraction of sp³-hybridized carbons (Fsp3) is 0.0385. The number of hydrogen-bond donors (Lipinski definition) is 0. The lowest BCUT2D eigenvalue weighted by atomic mass is 9.98. The smallest absolute Gasteiger partial charge is 0.339 e. The number of rotatable bonds is 6. The van der Waals surface area contributed by atoms with Gasteiger partial charge in [0.1, 0.15) is 18.1 Å². The Morgan fingerprint density at radius 2 is 1.28 bits per heavy atom. The van der Waals surface area contributed by atoms with E-state index in [1.807, 2.05) is 103 Å². The lowest BCUT2D eigenvalue weighted by Gasteiger charge is -2.15. The summed E-state index contributed by atoms with van der Waals surface area (Å²) in [4.78, 5) is 12.9. The highest BCUT2D eigenvalue weighted by Crippen LogP contribution is 2.36. The molecular weight excluding hydrogens is 360 g/mol. The van der Waals surface area contributed by atoms with Gasteiger partial charge in [0.15, 0.2) is 0 Å². The van der Waals surface area contributed by atoms with Crippen LogP contribution in [0.4, 0.5) is 0 Å². The highest BCUT2D eigenvalue weighted by Gasteiger charge is 2.19. The summed E-state index contributed by atoms with van der Waals surface area (Å²) in [5, 5.41) is 0. The first kappa shape index (κ1) is 18.5. The van der Waals surface area contributed by atoms with Gasteiger partial charge in [-0.3, -0.25) is 0 Å². The van der Waals surface area contributed by atoms with Gasteiger partial charge in [0.05, 0.1) is 5.56 Å². The van der Waals surface area contributed by atoms with Crippen LogP contribution in [0.1, 0.15) is 15.9 Å². The van der Waals surface area contributed by atoms with Gasteiger partial charge in [-0.2, -0.15) is 0 Å². The van der Waals surface area contributed by atoms with Crippen LogP contribution in [0.25, 0.3) is 11.1 Å². The average Bonchev–Trinajstić information content (AvgIpc) is 2.79. The molecule has 0 atom stereocenters. The molecule has 0 aliphatic heterocycles. The fourth-order valence-corrected chi connectivity index (χ4v) is 3.11. The van der Waals surface area contributed by atoms with Crippen molar-refractivity contribution in [2.75, 3.05) is 0 Å². The third-order valence-corrected chi connectivity index (χ3v) is 4.49. The number of carbonyl (C=O) groups is 1. The molecule has 0 aromatic heterocycles. The third-order valence-electron chi connectivity index (χ3n) is 4.49. The minimum atomic E-state index is -0.383. The number of carbonyl (C=O) groups excluding carboxylic acids is 1. The van der Waals surface area contributed by atoms with E-state index in [1.54, 1.807) is 6.07 Å². The van der Waals surface area contributed by atoms with E-state index >= 15 is 0 Å². The molecule has 0 aliphatic rings. The van der Waals surface area contributed by atoms with Crippen molar-refractivity contribution in [3.05, 3.63) is 120 Å². The maximum atomic E-state index is 12.9. The molecule has 4 aromatic carbocycles. The number of para-hydroxylation sites is 1. The van der Waals surface area contributed by atoms with Crippen molar-refractivity contribution in [1.82, 2.24) is 0 Å². The van der Waals surface area contributed by atoms with E-state index in [-0.39, 0.29) is 12.6 Å². The second-order valence-corrected chi connectivity index (χ2v) is 6.52. The molecule has 0 amide bonds. The van der Waals surface area contributed by atoms with Crippen molar-refractivity contribution in [3.63, 3.8) is 0 Å². The number of hydrogen-bond acceptors (Lipinski definition) is 3. The van der Waals surface area contributed by atoms with E-state index in [2.05, 4.69) is 0 Å². The van der Waals surface area contributed by atoms with Crippen molar-refractivity contribution < 1.29 is 14.3 Å². The molecule has 4 aromatic rings. The molecule has 0 saturated heterocycles. The van der Waals surface area contributed by atoms with Crippen molar-refractivity contribution in [1.29, 1.82) is 0 Å². The Morgan fingerprint density at radius 3 is 1.97 bits per heavy atom. The summed E-state index contributed by atoms with van der Waals surface area (Å²) in [6, 6.07) is 34.4. The highest BCUT2D eigenvalue weighted by atomic mass is 16.5. The SMILES string of the molecule is O=C(OCc1ccccc1)c1cccc(Oc2ccccc2)c1-c1ccccc1. The van der Waals surface area contributed by atoms with Crippen molar-refractivity contribution in [3.8, 4) is 22.6 Å². The molecular formula is C26H20O3. The molecule has 0 bridgehead atoms. The quantitative estimate of drug-likeness (QED) is 0.358. The van der Waals surface area contributed by atoms with Crippen LogP contribution < -0.4 is 4.74 Å². The number of esters is 1. The Bertz CT molecular complexity index is 1070. The van der Waals surface area contributed by atoms with Gasteiger partial charge in [-0.25, -0.2) is 4.79 Å². The molecule has 0 heterocycles. The van der Waals surface area contributed by atoms with Crippen LogP contribution in [0, 0.1) is 0 Å². The first-order valence-corrected chi connectivity index (χ1v) is 9.43. The largest absolute Gasteiger partial charge is 0.457 e. The Hall–Kier alpha value is -3.85. The van der Waals surface area contributed by atoms with Crippen molar-refractivity contribution in [2.45, 2.75) is 6.61 Å². The van der Waals surface area contributed by atoms with E-state index in [0.717, 1.165) is 16.7 Å². The van der Waals surface area contributed by atoms with E-state index in [4.69, 9.17) is 9.47 Å². The molecule has 142 valence electrons. The van der Waals surface area contributed by atoms with Crippen LogP contribution in [0.5, 0.6) is 11.5 Å². The Morgan fingerprint density at radius 1 is 0.655 bits per heavy atom. The first-order valence-electron chi connectivity index (χ1n) is 9.43. The molecule has 0 unspecified atom stereocenters. The summed E-state index contributed by atoms with van der Waals surface area (Å²) < 4.78 is 11.7. The molecule has 0 spiro atoms. The Balaban J connectivity index is 1.69. The highest BCUT2D eigenvalue weighted by molar-refractivity contribution is 5.99. The summed E-state index contributed by atoms with van der Waals surface area (Å²) in [6.45, 7) is 0.220. The molecule has 29 heavy (non-hydrogen) atoms. The minimum absolute atomic E-state index is 0.220. The second-order valence-electron chi connectivity index (χ2n) is 6.52. The van der Waals surface area contributed by atoms with E-state index in [9.17, 15) is 4.79 Å². The molecule has 0 N–H and O–H groups in total. The van der Waals surface area contributed by atoms with Crippen LogP contribution >= 0.6 is 0 Å². The van der Waals surface area contributed by atoms with Crippen LogP contribution in [0.3, 0.4) is 0 Å². The maximum Gasteiger partial charge on any atom is 0.339 e. The van der Waals surface area contributed by atoms with Crippen molar-refractivity contribution in [2.24, 2.45) is 0 Å². The van der Waals surface area contributed by atoms with Gasteiger partial charge < -0.3 is 9.47 Å². The van der Waals surface area contributed by atoms with Gasteiger partial charge in [-0.15, -0.1) is 0 Å². The first-order chi connectivity index (χ1) is 14.3. The lowest BCUT2D eigenvalue weighted by molar-refractivity contribution is 0.0473. The molecule has 3 heteroatoms. The maximum absolute atomic E-state index is 12.9. The van der Waals surface area contributed by atoms with Gasteiger partial charge in [0.2, 0.25) is 0 Å². The van der Waals surface area contributed by atoms with Gasteiger partial charge in [-0.05, 0) is 35.4 Å². The third kappa shape index (κ3) is 4.53. The van der Waals surface area contributed by atoms with E-state index in [0.29, 0.717) is 17.1 Å². The van der Waals surface area contributed by atoms with E-state index < -0.39 is 0 Å². The summed E-state index contributed by atoms with van der Waals surface area (Å²) >= 11 is 0. The predicted molar refractivity (Wildman–Crippen MR) is 114 cm³/mol. The monoisotopic (exact) mass is 380 g/mol. The lowest BCUT2D eigenvalue weighted by Crippen LogP contribution is -2.08. The zero-order chi connectivity index (χ0) is 19.9. The molecule has 0 fully saturated rings. The Kier molecular flexibility index (Phi) is 5.68. The summed E-state index contributed by atoms with van der Waals surface area (Å²) in [5.74, 6) is 0.933. The molecule has 0 saturated carbocycles. The van der Waals surface area contributed by atoms with Crippen LogP contribution in [-0.4, -0.2) is 5.97 Å². The topological polar surface area (TPSA) is 35.5 Å².